The molecular formula is C18H21N5O2. The fourth-order valence-electron chi connectivity index (χ4n) is 3.12. The van der Waals surface area contributed by atoms with Crippen molar-refractivity contribution >= 4 is 11.0 Å². The van der Waals surface area contributed by atoms with E-state index >= 15 is 0 Å². The minimum atomic E-state index is -0.441. The number of pyridine rings is 1. The smallest absolute Gasteiger partial charge is 0.305 e. The molecule has 130 valence electrons. The van der Waals surface area contributed by atoms with Crippen molar-refractivity contribution in [2.75, 3.05) is 0 Å². The molecule has 7 heteroatoms. The number of fused-ring (bicyclic) bond motifs is 1. The Hall–Kier alpha value is -2.70. The second-order valence-electron chi connectivity index (χ2n) is 7.64. The number of hydrogen-bond acceptors (Lipinski definition) is 4. The van der Waals surface area contributed by atoms with Gasteiger partial charge in [-0.25, -0.2) is 9.78 Å². The summed E-state index contributed by atoms with van der Waals surface area (Å²) in [6, 6.07) is 5.39. The van der Waals surface area contributed by atoms with E-state index in [1.165, 1.54) is 23.1 Å². The Morgan fingerprint density at radius 2 is 2.04 bits per heavy atom. The molecule has 25 heavy (non-hydrogen) atoms. The monoisotopic (exact) mass is 339 g/mol. The van der Waals surface area contributed by atoms with Crippen LogP contribution in [0, 0.1) is 0 Å². The second kappa shape index (κ2) is 5.40. The summed E-state index contributed by atoms with van der Waals surface area (Å²) >= 11 is 0. The normalized spacial score (nSPS) is 15.0. The van der Waals surface area contributed by atoms with E-state index < -0.39 is 11.2 Å². The molecule has 0 atom stereocenters. The molecule has 0 unspecified atom stereocenters. The maximum Gasteiger partial charge on any atom is 0.329 e. The van der Waals surface area contributed by atoms with E-state index in [9.17, 15) is 9.59 Å². The summed E-state index contributed by atoms with van der Waals surface area (Å²) in [5.41, 5.74) is 1.65. The van der Waals surface area contributed by atoms with Gasteiger partial charge in [-0.15, -0.1) is 0 Å². The third-order valence-corrected chi connectivity index (χ3v) is 4.48. The molecule has 0 bridgehead atoms. The van der Waals surface area contributed by atoms with Crippen molar-refractivity contribution in [3.63, 3.8) is 0 Å². The van der Waals surface area contributed by atoms with Gasteiger partial charge in [0.15, 0.2) is 5.52 Å². The number of hydrogen-bond donors (Lipinski definition) is 1. The summed E-state index contributed by atoms with van der Waals surface area (Å²) in [5, 5.41) is 4.68. The van der Waals surface area contributed by atoms with Gasteiger partial charge in [-0.1, -0.05) is 0 Å². The van der Waals surface area contributed by atoms with Crippen molar-refractivity contribution in [3.05, 3.63) is 56.6 Å². The molecule has 1 aliphatic carbocycles. The summed E-state index contributed by atoms with van der Waals surface area (Å²) in [6.45, 7) is 6.46. The van der Waals surface area contributed by atoms with Crippen molar-refractivity contribution in [1.82, 2.24) is 24.3 Å². The van der Waals surface area contributed by atoms with Crippen molar-refractivity contribution in [3.8, 4) is 0 Å². The molecule has 0 aliphatic heterocycles. The van der Waals surface area contributed by atoms with Crippen LogP contribution in [0.4, 0.5) is 0 Å². The molecule has 3 aromatic heterocycles. The largest absolute Gasteiger partial charge is 0.329 e. The molecule has 0 aromatic carbocycles. The Balaban J connectivity index is 1.80. The van der Waals surface area contributed by atoms with Gasteiger partial charge in [0.25, 0.3) is 5.56 Å². The first-order chi connectivity index (χ1) is 11.8. The summed E-state index contributed by atoms with van der Waals surface area (Å²) < 4.78 is 3.19. The van der Waals surface area contributed by atoms with Gasteiger partial charge in [-0.3, -0.25) is 14.0 Å². The maximum atomic E-state index is 12.6. The number of nitrogens with zero attached hydrogens (tertiary/aromatic N) is 4. The summed E-state index contributed by atoms with van der Waals surface area (Å²) in [7, 11) is 0. The maximum absolute atomic E-state index is 12.6. The zero-order valence-corrected chi connectivity index (χ0v) is 14.6. The average Bonchev–Trinajstić information content (AvgIpc) is 3.30. The van der Waals surface area contributed by atoms with Gasteiger partial charge in [0.05, 0.1) is 23.3 Å². The van der Waals surface area contributed by atoms with Crippen LogP contribution in [0.25, 0.3) is 11.0 Å². The number of nitrogens with one attached hydrogen (secondary N) is 1. The van der Waals surface area contributed by atoms with E-state index in [2.05, 4.69) is 35.8 Å². The van der Waals surface area contributed by atoms with Crippen LogP contribution in [0.3, 0.4) is 0 Å². The van der Waals surface area contributed by atoms with Gasteiger partial charge < -0.3 is 4.98 Å². The minimum absolute atomic E-state index is 0.140. The highest BCUT2D eigenvalue weighted by Gasteiger charge is 2.31. The molecule has 0 saturated heterocycles. The Bertz CT molecular complexity index is 1060. The highest BCUT2D eigenvalue weighted by atomic mass is 16.2. The van der Waals surface area contributed by atoms with Crippen LogP contribution in [0.5, 0.6) is 0 Å². The van der Waals surface area contributed by atoms with Crippen molar-refractivity contribution in [2.45, 2.75) is 51.6 Å². The molecule has 1 saturated carbocycles. The van der Waals surface area contributed by atoms with Gasteiger partial charge >= 0.3 is 5.69 Å². The van der Waals surface area contributed by atoms with Crippen LogP contribution in [0.1, 0.15) is 50.9 Å². The van der Waals surface area contributed by atoms with Crippen LogP contribution in [0.15, 0.2) is 34.0 Å². The van der Waals surface area contributed by atoms with Gasteiger partial charge in [-0.05, 0) is 51.8 Å². The summed E-state index contributed by atoms with van der Waals surface area (Å²) in [6.07, 6.45) is 3.88. The van der Waals surface area contributed by atoms with Crippen LogP contribution >= 0.6 is 0 Å². The third-order valence-electron chi connectivity index (χ3n) is 4.48. The van der Waals surface area contributed by atoms with Gasteiger partial charge in [0, 0.05) is 17.8 Å². The number of aromatic amines is 1. The molecular weight excluding hydrogens is 318 g/mol. The van der Waals surface area contributed by atoms with Gasteiger partial charge in [-0.2, -0.15) is 5.10 Å². The molecule has 0 radical (unpaired) electrons. The third kappa shape index (κ3) is 2.79. The van der Waals surface area contributed by atoms with E-state index in [-0.39, 0.29) is 17.6 Å². The fourth-order valence-corrected chi connectivity index (χ4v) is 3.12. The first-order valence-electron chi connectivity index (χ1n) is 8.52. The molecule has 0 spiro atoms. The topological polar surface area (TPSA) is 85.6 Å². The molecule has 1 fully saturated rings. The van der Waals surface area contributed by atoms with Crippen LogP contribution in [-0.2, 0) is 12.1 Å². The standard InChI is InChI=1S/C18H21N5O2/c1-18(2,3)23-14(11-6-7-11)9-12(21-23)10-22-16(24)15-13(20-17(22)25)5-4-8-19-15/h4-5,8-9,11H,6-7,10H2,1-3H3,(H,20,25). The fraction of sp³-hybridized carbons (Fsp3) is 0.444. The Kier molecular flexibility index (Phi) is 3.42. The van der Waals surface area contributed by atoms with Gasteiger partial charge in [0.1, 0.15) is 0 Å². The zero-order chi connectivity index (χ0) is 17.8. The van der Waals surface area contributed by atoms with Crippen molar-refractivity contribution < 1.29 is 0 Å². The van der Waals surface area contributed by atoms with Crippen LogP contribution in [0.2, 0.25) is 0 Å². The molecule has 1 aliphatic rings. The van der Waals surface area contributed by atoms with E-state index in [0.29, 0.717) is 11.4 Å². The highest BCUT2D eigenvalue weighted by molar-refractivity contribution is 5.71. The second-order valence-corrected chi connectivity index (χ2v) is 7.64. The average molecular weight is 339 g/mol. The number of rotatable bonds is 3. The number of H-pyrrole nitrogens is 1. The van der Waals surface area contributed by atoms with Crippen molar-refractivity contribution in [1.29, 1.82) is 0 Å². The van der Waals surface area contributed by atoms with Crippen molar-refractivity contribution in [2.24, 2.45) is 0 Å². The predicted octanol–water partition coefficient (Wildman–Crippen LogP) is 1.96. The Labute approximate surface area is 144 Å². The first kappa shape index (κ1) is 15.8. The SMILES string of the molecule is CC(C)(C)n1nc(Cn2c(=O)[nH]c3cccnc3c2=O)cc1C1CC1. The lowest BCUT2D eigenvalue weighted by atomic mass is 10.1. The molecule has 1 N–H and O–H groups in total. The molecule has 4 rings (SSSR count). The lowest BCUT2D eigenvalue weighted by Crippen LogP contribution is -2.36. The van der Waals surface area contributed by atoms with Gasteiger partial charge in [0.2, 0.25) is 0 Å². The van der Waals surface area contributed by atoms with E-state index in [1.807, 2.05) is 10.7 Å². The summed E-state index contributed by atoms with van der Waals surface area (Å²) in [4.78, 5) is 31.8. The molecule has 3 aromatic rings. The Morgan fingerprint density at radius 1 is 1.28 bits per heavy atom. The lowest BCUT2D eigenvalue weighted by Gasteiger charge is -2.22. The summed E-state index contributed by atoms with van der Waals surface area (Å²) in [5.74, 6) is 0.536. The minimum Gasteiger partial charge on any atom is -0.305 e. The molecule has 0 amide bonds. The zero-order valence-electron chi connectivity index (χ0n) is 14.6. The highest BCUT2D eigenvalue weighted by Crippen LogP contribution is 2.41. The van der Waals surface area contributed by atoms with E-state index in [0.717, 1.165) is 5.69 Å². The lowest BCUT2D eigenvalue weighted by molar-refractivity contribution is 0.341. The predicted molar refractivity (Wildman–Crippen MR) is 94.9 cm³/mol. The van der Waals surface area contributed by atoms with Crippen LogP contribution in [-0.4, -0.2) is 24.3 Å². The Morgan fingerprint density at radius 3 is 2.72 bits per heavy atom. The molecule has 7 nitrogen and oxygen atoms in total. The quantitative estimate of drug-likeness (QED) is 0.790. The van der Waals surface area contributed by atoms with E-state index in [4.69, 9.17) is 0 Å². The first-order valence-corrected chi connectivity index (χ1v) is 8.52. The number of aromatic nitrogens is 5. The van der Waals surface area contributed by atoms with Crippen LogP contribution < -0.4 is 11.2 Å². The van der Waals surface area contributed by atoms with E-state index in [1.54, 1.807) is 18.3 Å². The molecule has 3 heterocycles.